The molecule has 0 amide bonds. The van der Waals surface area contributed by atoms with Gasteiger partial charge in [-0.25, -0.2) is 0 Å². The van der Waals surface area contributed by atoms with Crippen LogP contribution >= 0.6 is 0 Å². The topological polar surface area (TPSA) is 60.4 Å². The number of para-hydroxylation sites is 1. The summed E-state index contributed by atoms with van der Waals surface area (Å²) in [6.45, 7) is 8.97. The molecule has 4 aliphatic heterocycles. The van der Waals surface area contributed by atoms with E-state index in [-0.39, 0.29) is 23.4 Å². The number of phenolic OH excluding ortho intramolecular Hbond substituents is 1. The molecule has 0 radical (unpaired) electrons. The highest BCUT2D eigenvalue weighted by Gasteiger charge is 2.54. The van der Waals surface area contributed by atoms with Gasteiger partial charge in [-0.3, -0.25) is 4.90 Å². The Bertz CT molecular complexity index is 703. The number of aromatic hydroxyl groups is 1. The normalized spacial score (nSPS) is 36.7. The van der Waals surface area contributed by atoms with Crippen molar-refractivity contribution in [2.75, 3.05) is 39.5 Å². The molecule has 0 aromatic heterocycles. The third-order valence-corrected chi connectivity index (χ3v) is 6.49. The molecule has 0 saturated carbocycles. The van der Waals surface area contributed by atoms with Crippen molar-refractivity contribution < 1.29 is 24.1 Å². The third kappa shape index (κ3) is 2.54. The number of ether oxygens (including phenoxy) is 4. The summed E-state index contributed by atoms with van der Waals surface area (Å²) in [5.41, 5.74) is 0.225. The molecule has 26 heavy (non-hydrogen) atoms. The minimum atomic E-state index is -0.435. The Labute approximate surface area is 154 Å². The molecule has 4 heterocycles. The van der Waals surface area contributed by atoms with E-state index in [1.54, 1.807) is 6.07 Å². The van der Waals surface area contributed by atoms with Crippen LogP contribution in [0.25, 0.3) is 0 Å². The van der Waals surface area contributed by atoms with Crippen molar-refractivity contribution in [1.29, 1.82) is 0 Å². The molecule has 1 aromatic rings. The molecular weight excluding hydrogens is 334 g/mol. The van der Waals surface area contributed by atoms with Gasteiger partial charge in [0.2, 0.25) is 0 Å². The second kappa shape index (κ2) is 5.83. The van der Waals surface area contributed by atoms with E-state index in [0.29, 0.717) is 18.4 Å². The molecule has 3 atom stereocenters. The Balaban J connectivity index is 1.43. The Morgan fingerprint density at radius 1 is 1.23 bits per heavy atom. The van der Waals surface area contributed by atoms with E-state index in [0.717, 1.165) is 44.9 Å². The first kappa shape index (κ1) is 16.8. The van der Waals surface area contributed by atoms with Crippen molar-refractivity contribution >= 4 is 0 Å². The standard InChI is InChI=1S/C20H27NO5/c1-19(2)15-8-20(11-21(6-7-25-20)13-9-23-10-13)12-24-17(15)14-4-3-5-16(22)18(14)26-19/h3-5,13,15,17,22H,6-12H2,1-2H3/t15-,17+,20+/m0/s1. The molecule has 0 unspecified atom stereocenters. The summed E-state index contributed by atoms with van der Waals surface area (Å²) in [6.07, 6.45) is 0.821. The number of morpholine rings is 1. The quantitative estimate of drug-likeness (QED) is 0.827. The van der Waals surface area contributed by atoms with Crippen molar-refractivity contribution in [2.45, 2.75) is 43.6 Å². The second-order valence-corrected chi connectivity index (χ2v) is 8.64. The fourth-order valence-electron chi connectivity index (χ4n) is 4.89. The predicted octanol–water partition coefficient (Wildman–Crippen LogP) is 2.11. The summed E-state index contributed by atoms with van der Waals surface area (Å²) < 4.78 is 24.3. The number of fused-ring (bicyclic) bond motifs is 3. The van der Waals surface area contributed by atoms with Crippen LogP contribution in [0.2, 0.25) is 0 Å². The highest BCUT2D eigenvalue weighted by Crippen LogP contribution is 2.54. The van der Waals surface area contributed by atoms with Gasteiger partial charge in [0.1, 0.15) is 11.2 Å². The lowest BCUT2D eigenvalue weighted by atomic mass is 9.71. The van der Waals surface area contributed by atoms with E-state index >= 15 is 0 Å². The zero-order chi connectivity index (χ0) is 17.9. The van der Waals surface area contributed by atoms with Crippen molar-refractivity contribution in [3.63, 3.8) is 0 Å². The largest absolute Gasteiger partial charge is 0.504 e. The number of hydrogen-bond donors (Lipinski definition) is 1. The van der Waals surface area contributed by atoms with Gasteiger partial charge in [-0.1, -0.05) is 12.1 Å². The summed E-state index contributed by atoms with van der Waals surface area (Å²) >= 11 is 0. The minimum absolute atomic E-state index is 0.0718. The fourth-order valence-corrected chi connectivity index (χ4v) is 4.89. The lowest BCUT2D eigenvalue weighted by Crippen LogP contribution is -2.64. The average Bonchev–Trinajstić information content (AvgIpc) is 2.55. The minimum Gasteiger partial charge on any atom is -0.504 e. The van der Waals surface area contributed by atoms with Crippen molar-refractivity contribution in [2.24, 2.45) is 5.92 Å². The highest BCUT2D eigenvalue weighted by atomic mass is 16.6. The zero-order valence-electron chi connectivity index (χ0n) is 15.4. The summed E-state index contributed by atoms with van der Waals surface area (Å²) in [5, 5.41) is 10.2. The molecule has 0 aliphatic carbocycles. The molecular formula is C20H27NO5. The Kier molecular flexibility index (Phi) is 3.77. The molecule has 5 rings (SSSR count). The molecule has 1 aromatic carbocycles. The molecule has 0 bridgehead atoms. The van der Waals surface area contributed by atoms with Crippen LogP contribution < -0.4 is 4.74 Å². The Morgan fingerprint density at radius 3 is 2.85 bits per heavy atom. The first-order chi connectivity index (χ1) is 12.5. The molecule has 6 heteroatoms. The zero-order valence-corrected chi connectivity index (χ0v) is 15.4. The highest BCUT2D eigenvalue weighted by molar-refractivity contribution is 5.49. The van der Waals surface area contributed by atoms with Crippen LogP contribution in [0.1, 0.15) is 31.9 Å². The van der Waals surface area contributed by atoms with Gasteiger partial charge in [0.15, 0.2) is 11.5 Å². The van der Waals surface area contributed by atoms with Gasteiger partial charge in [0, 0.05) is 24.6 Å². The van der Waals surface area contributed by atoms with Crippen LogP contribution in [0.3, 0.4) is 0 Å². The van der Waals surface area contributed by atoms with Crippen LogP contribution in [0.4, 0.5) is 0 Å². The lowest BCUT2D eigenvalue weighted by molar-refractivity contribution is -0.240. The van der Waals surface area contributed by atoms with E-state index in [2.05, 4.69) is 18.7 Å². The van der Waals surface area contributed by atoms with Crippen LogP contribution in [0.5, 0.6) is 11.5 Å². The predicted molar refractivity (Wildman–Crippen MR) is 94.5 cm³/mol. The van der Waals surface area contributed by atoms with Crippen LogP contribution in [-0.2, 0) is 14.2 Å². The van der Waals surface area contributed by atoms with Gasteiger partial charge in [0.25, 0.3) is 0 Å². The number of phenols is 1. The Morgan fingerprint density at radius 2 is 2.08 bits per heavy atom. The third-order valence-electron chi connectivity index (χ3n) is 6.49. The van der Waals surface area contributed by atoms with E-state index in [4.69, 9.17) is 18.9 Å². The maximum atomic E-state index is 10.2. The van der Waals surface area contributed by atoms with Gasteiger partial charge in [-0.2, -0.15) is 0 Å². The maximum Gasteiger partial charge on any atom is 0.167 e. The average molecular weight is 361 g/mol. The molecule has 1 spiro atoms. The monoisotopic (exact) mass is 361 g/mol. The molecule has 1 N–H and O–H groups in total. The van der Waals surface area contributed by atoms with Crippen molar-refractivity contribution in [1.82, 2.24) is 4.90 Å². The second-order valence-electron chi connectivity index (χ2n) is 8.64. The van der Waals surface area contributed by atoms with Gasteiger partial charge < -0.3 is 24.1 Å². The van der Waals surface area contributed by atoms with Crippen LogP contribution in [0, 0.1) is 5.92 Å². The SMILES string of the molecule is CC1(C)Oc2c(O)cccc2[C@H]2OC[C@@]3(C[C@@H]21)CN(C1COC1)CCO3. The molecule has 6 nitrogen and oxygen atoms in total. The van der Waals surface area contributed by atoms with Crippen LogP contribution in [-0.4, -0.2) is 66.8 Å². The summed E-state index contributed by atoms with van der Waals surface area (Å²) in [4.78, 5) is 2.49. The summed E-state index contributed by atoms with van der Waals surface area (Å²) in [7, 11) is 0. The molecule has 3 fully saturated rings. The summed E-state index contributed by atoms with van der Waals surface area (Å²) in [5.74, 6) is 0.915. The smallest absolute Gasteiger partial charge is 0.167 e. The van der Waals surface area contributed by atoms with E-state index in [1.807, 2.05) is 12.1 Å². The van der Waals surface area contributed by atoms with Gasteiger partial charge >= 0.3 is 0 Å². The van der Waals surface area contributed by atoms with E-state index < -0.39 is 5.60 Å². The van der Waals surface area contributed by atoms with Gasteiger partial charge in [-0.05, 0) is 26.3 Å². The van der Waals surface area contributed by atoms with Crippen molar-refractivity contribution in [3.05, 3.63) is 23.8 Å². The maximum absolute atomic E-state index is 10.2. The van der Waals surface area contributed by atoms with Crippen LogP contribution in [0.15, 0.2) is 18.2 Å². The number of hydrogen-bond acceptors (Lipinski definition) is 6. The Hall–Kier alpha value is -1.34. The first-order valence-electron chi connectivity index (χ1n) is 9.56. The number of benzene rings is 1. The van der Waals surface area contributed by atoms with Gasteiger partial charge in [-0.15, -0.1) is 0 Å². The summed E-state index contributed by atoms with van der Waals surface area (Å²) in [6, 6.07) is 6.04. The van der Waals surface area contributed by atoms with E-state index in [9.17, 15) is 5.11 Å². The molecule has 3 saturated heterocycles. The number of rotatable bonds is 1. The van der Waals surface area contributed by atoms with Gasteiger partial charge in [0.05, 0.1) is 38.6 Å². The van der Waals surface area contributed by atoms with E-state index in [1.165, 1.54) is 0 Å². The van der Waals surface area contributed by atoms with Crippen molar-refractivity contribution in [3.8, 4) is 11.5 Å². The lowest BCUT2D eigenvalue weighted by Gasteiger charge is -2.55. The number of nitrogens with zero attached hydrogens (tertiary/aromatic N) is 1. The molecule has 142 valence electrons. The molecule has 4 aliphatic rings. The fraction of sp³-hybridized carbons (Fsp3) is 0.700. The first-order valence-corrected chi connectivity index (χ1v) is 9.56.